The number of alkyl halides is 2. The van der Waals surface area contributed by atoms with Crippen LogP contribution in [0.5, 0.6) is 0 Å². The first-order valence-corrected chi connectivity index (χ1v) is 14.0. The second-order valence-corrected chi connectivity index (χ2v) is 10.9. The molecule has 0 radical (unpaired) electrons. The summed E-state index contributed by atoms with van der Waals surface area (Å²) in [5, 5.41) is 10.3. The van der Waals surface area contributed by atoms with Gasteiger partial charge in [0.25, 0.3) is 0 Å². The van der Waals surface area contributed by atoms with Gasteiger partial charge in [0.1, 0.15) is 5.82 Å². The third-order valence-corrected chi connectivity index (χ3v) is 7.63. The first-order valence-electron chi connectivity index (χ1n) is 12.4. The molecule has 6 atom stereocenters. The highest BCUT2D eigenvalue weighted by atomic mass is 31.2. The monoisotopic (exact) mass is 580 g/mol. The molecular weight excluding hydrogens is 549 g/mol. The minimum absolute atomic E-state index is 0.0751. The molecule has 11 nitrogen and oxygen atoms in total. The highest BCUT2D eigenvalue weighted by Gasteiger charge is 2.61. The number of nitrogen functional groups attached to an aromatic ring is 1. The molecule has 1 saturated heterocycles. The molecule has 216 valence electrons. The number of benzene rings is 2. The predicted octanol–water partition coefficient (Wildman–Crippen LogP) is 3.47. The van der Waals surface area contributed by atoms with Crippen molar-refractivity contribution in [1.82, 2.24) is 9.55 Å². The third kappa shape index (κ3) is 6.81. The van der Waals surface area contributed by atoms with E-state index in [2.05, 4.69) is 4.98 Å². The third-order valence-electron chi connectivity index (χ3n) is 6.57. The highest BCUT2D eigenvalue weighted by Crippen LogP contribution is 2.50. The first kappa shape index (κ1) is 29.9. The molecule has 0 spiro atoms. The number of aliphatic hydroxyl groups excluding tert-OH is 1. The average molecular weight is 581 g/mol. The molecule has 4 rings (SSSR count). The lowest BCUT2D eigenvalue weighted by molar-refractivity contribution is -0.146. The summed E-state index contributed by atoms with van der Waals surface area (Å²) in [5.41, 5.74) is 12.9. The number of nitrogens with zero attached hydrogens (tertiary/aromatic N) is 2. The molecule has 2 unspecified atom stereocenters. The van der Waals surface area contributed by atoms with Gasteiger partial charge in [0, 0.05) is 12.1 Å². The Balaban J connectivity index is 1.50. The summed E-state index contributed by atoms with van der Waals surface area (Å²) in [6.45, 7) is 3.88. The van der Waals surface area contributed by atoms with E-state index in [1.807, 2.05) is 61.5 Å². The summed E-state index contributed by atoms with van der Waals surface area (Å²) in [5.74, 6) is -4.65. The Morgan fingerprint density at radius 3 is 2.52 bits per heavy atom. The largest absolute Gasteiger partial charge is 0.405 e. The maximum absolute atomic E-state index is 14.9. The number of nitrogens with two attached hydrogens (primary N) is 2. The van der Waals surface area contributed by atoms with Crippen LogP contribution in [-0.2, 0) is 29.7 Å². The molecule has 1 aromatic heterocycles. The van der Waals surface area contributed by atoms with E-state index in [-0.39, 0.29) is 19.0 Å². The standard InChI is InChI=1S/C26H31F2N4O7P/c1-16-8-6-7-11-19(16)14-36-15-20(17(2)18-9-4-3-5-10-18)38-40(30,35)39-23-22(33)26(27,28)24(37-23)32-13-12-21(29)31-25(32)34/h3-13,17,20,22-24,33H,14-15H2,1-2H3,(H2,30,35)(H2,29,31,34)/t17-,20?,22+,23+,24+,40?/m0/s1. The van der Waals surface area contributed by atoms with Crippen LogP contribution in [0.15, 0.2) is 71.7 Å². The minimum atomic E-state index is -4.65. The molecule has 0 aliphatic carbocycles. The molecule has 5 N–H and O–H groups in total. The molecule has 0 bridgehead atoms. The van der Waals surface area contributed by atoms with Crippen molar-refractivity contribution in [3.63, 3.8) is 0 Å². The van der Waals surface area contributed by atoms with Crippen LogP contribution in [0.4, 0.5) is 14.6 Å². The number of halogens is 2. The molecule has 14 heteroatoms. The minimum Gasteiger partial charge on any atom is -0.383 e. The maximum atomic E-state index is 14.9. The van der Waals surface area contributed by atoms with Crippen molar-refractivity contribution >= 4 is 13.6 Å². The van der Waals surface area contributed by atoms with Crippen molar-refractivity contribution in [3.05, 3.63) is 94.0 Å². The number of hydrogen-bond donors (Lipinski definition) is 3. The molecular formula is C26H31F2N4O7P. The van der Waals surface area contributed by atoms with Crippen molar-refractivity contribution in [2.75, 3.05) is 12.3 Å². The van der Waals surface area contributed by atoms with E-state index >= 15 is 0 Å². The summed E-state index contributed by atoms with van der Waals surface area (Å²) in [6.07, 6.45) is -7.17. The van der Waals surface area contributed by atoms with Crippen LogP contribution in [0.1, 0.15) is 35.8 Å². The van der Waals surface area contributed by atoms with E-state index < -0.39 is 50.0 Å². The number of aliphatic hydroxyl groups is 1. The van der Waals surface area contributed by atoms with Crippen LogP contribution in [0.25, 0.3) is 0 Å². The van der Waals surface area contributed by atoms with Crippen LogP contribution >= 0.6 is 7.75 Å². The Kier molecular flexibility index (Phi) is 9.16. The highest BCUT2D eigenvalue weighted by molar-refractivity contribution is 7.51. The second-order valence-electron chi connectivity index (χ2n) is 9.45. The van der Waals surface area contributed by atoms with Crippen molar-refractivity contribution in [3.8, 4) is 0 Å². The van der Waals surface area contributed by atoms with E-state index in [4.69, 9.17) is 29.8 Å². The van der Waals surface area contributed by atoms with Crippen molar-refractivity contribution in [2.45, 2.75) is 57.0 Å². The lowest BCUT2D eigenvalue weighted by atomic mass is 9.96. The smallest absolute Gasteiger partial charge is 0.383 e. The van der Waals surface area contributed by atoms with Gasteiger partial charge in [-0.05, 0) is 29.7 Å². The van der Waals surface area contributed by atoms with Gasteiger partial charge < -0.3 is 20.3 Å². The van der Waals surface area contributed by atoms with Crippen LogP contribution in [0, 0.1) is 6.92 Å². The summed E-state index contributed by atoms with van der Waals surface area (Å²) in [7, 11) is -4.65. The number of ether oxygens (including phenoxy) is 2. The van der Waals surface area contributed by atoms with Gasteiger partial charge in [0.05, 0.1) is 19.3 Å². The van der Waals surface area contributed by atoms with Crippen LogP contribution in [0.2, 0.25) is 0 Å². The Morgan fingerprint density at radius 2 is 1.85 bits per heavy atom. The normalized spacial score (nSPS) is 23.4. The van der Waals surface area contributed by atoms with Crippen LogP contribution in [-0.4, -0.2) is 45.7 Å². The van der Waals surface area contributed by atoms with E-state index in [0.717, 1.165) is 29.0 Å². The molecule has 2 aromatic carbocycles. The Bertz CT molecular complexity index is 1410. The van der Waals surface area contributed by atoms with Crippen molar-refractivity contribution in [2.24, 2.45) is 5.50 Å². The summed E-state index contributed by atoms with van der Waals surface area (Å²) < 4.78 is 65.2. The Morgan fingerprint density at radius 1 is 1.18 bits per heavy atom. The maximum Gasteiger partial charge on any atom is 0.405 e. The molecule has 40 heavy (non-hydrogen) atoms. The average Bonchev–Trinajstić information content (AvgIpc) is 3.12. The first-order chi connectivity index (χ1) is 18.9. The molecule has 3 aromatic rings. The van der Waals surface area contributed by atoms with E-state index in [1.165, 1.54) is 0 Å². The van der Waals surface area contributed by atoms with Gasteiger partial charge in [0.15, 0.2) is 6.10 Å². The summed E-state index contributed by atoms with van der Waals surface area (Å²) in [6, 6.07) is 17.8. The lowest BCUT2D eigenvalue weighted by Gasteiger charge is -2.28. The van der Waals surface area contributed by atoms with Gasteiger partial charge >= 0.3 is 19.4 Å². The van der Waals surface area contributed by atoms with Crippen molar-refractivity contribution < 1.29 is 37.0 Å². The number of rotatable bonds is 11. The zero-order valence-electron chi connectivity index (χ0n) is 21.8. The number of anilines is 1. The van der Waals surface area contributed by atoms with Gasteiger partial charge in [-0.2, -0.15) is 13.8 Å². The zero-order chi connectivity index (χ0) is 29.1. The van der Waals surface area contributed by atoms with E-state index in [9.17, 15) is 23.2 Å². The Hall–Kier alpha value is -3.03. The SMILES string of the molecule is Cc1ccccc1COCC(OP(N)(=O)O[C@H]1O[C@@H](n2ccc(N)nc2=O)C(F)(F)[C@@H]1O)[C@@H](C)c1ccccc1. The molecule has 1 aliphatic rings. The topological polar surface area (TPSA) is 161 Å². The number of aromatic nitrogens is 2. The fourth-order valence-corrected chi connectivity index (χ4v) is 5.34. The lowest BCUT2D eigenvalue weighted by Crippen LogP contribution is -2.41. The predicted molar refractivity (Wildman–Crippen MR) is 141 cm³/mol. The molecule has 0 amide bonds. The number of aryl methyl sites for hydroxylation is 1. The summed E-state index contributed by atoms with van der Waals surface area (Å²) in [4.78, 5) is 15.5. The molecule has 1 aliphatic heterocycles. The van der Waals surface area contributed by atoms with Gasteiger partial charge in [-0.15, -0.1) is 0 Å². The number of hydrogen-bond acceptors (Lipinski definition) is 9. The van der Waals surface area contributed by atoms with Crippen LogP contribution in [0.3, 0.4) is 0 Å². The quantitative estimate of drug-likeness (QED) is 0.287. The van der Waals surface area contributed by atoms with Gasteiger partial charge in [-0.3, -0.25) is 13.6 Å². The van der Waals surface area contributed by atoms with Crippen LogP contribution < -0.4 is 16.9 Å². The molecule has 0 saturated carbocycles. The van der Waals surface area contributed by atoms with E-state index in [0.29, 0.717) is 4.57 Å². The summed E-state index contributed by atoms with van der Waals surface area (Å²) >= 11 is 0. The van der Waals surface area contributed by atoms with E-state index in [1.54, 1.807) is 6.92 Å². The van der Waals surface area contributed by atoms with Gasteiger partial charge in [-0.25, -0.2) is 14.9 Å². The zero-order valence-corrected chi connectivity index (χ0v) is 22.7. The fourth-order valence-electron chi connectivity index (χ4n) is 4.21. The Labute approximate surface area is 229 Å². The second kappa shape index (κ2) is 12.2. The van der Waals surface area contributed by atoms with Crippen molar-refractivity contribution in [1.29, 1.82) is 0 Å². The van der Waals surface area contributed by atoms with Gasteiger partial charge in [0.2, 0.25) is 12.5 Å². The molecule has 2 heterocycles. The fraction of sp³-hybridized carbons (Fsp3) is 0.385. The van der Waals surface area contributed by atoms with Gasteiger partial charge in [-0.1, -0.05) is 61.5 Å². The molecule has 1 fully saturated rings.